The number of hydrogen-bond donors (Lipinski definition) is 2. The summed E-state index contributed by atoms with van der Waals surface area (Å²) in [7, 11) is -3.24. The first-order valence-electron chi connectivity index (χ1n) is 6.56. The summed E-state index contributed by atoms with van der Waals surface area (Å²) in [5.74, 6) is 0.0787. The van der Waals surface area contributed by atoms with E-state index in [0.717, 1.165) is 6.26 Å². The molecule has 5 nitrogen and oxygen atoms in total. The lowest BCUT2D eigenvalue weighted by molar-refractivity contribution is 0.0924. The predicted octanol–water partition coefficient (Wildman–Crippen LogP) is 1.19. The molecule has 0 fully saturated rings. The Morgan fingerprint density at radius 2 is 1.80 bits per heavy atom. The Morgan fingerprint density at radius 3 is 2.20 bits per heavy atom. The molecule has 1 amide bonds. The Hall–Kier alpha value is -1.40. The van der Waals surface area contributed by atoms with Crippen molar-refractivity contribution in [1.29, 1.82) is 0 Å². The van der Waals surface area contributed by atoms with E-state index in [9.17, 15) is 13.2 Å². The monoisotopic (exact) mass is 298 g/mol. The molecule has 1 aromatic carbocycles. The van der Waals surface area contributed by atoms with Crippen molar-refractivity contribution < 1.29 is 13.2 Å². The second kappa shape index (κ2) is 6.85. The molecule has 1 unspecified atom stereocenters. The molecular formula is C14H22N2O3S. The summed E-state index contributed by atoms with van der Waals surface area (Å²) < 4.78 is 22.7. The molecule has 0 aliphatic rings. The SMILES string of the molecule is CC(C)C(CCN)NC(=O)c1ccc(S(C)(=O)=O)cc1. The minimum atomic E-state index is -3.24. The number of carbonyl (C=O) groups is 1. The van der Waals surface area contributed by atoms with Crippen molar-refractivity contribution >= 4 is 15.7 Å². The highest BCUT2D eigenvalue weighted by molar-refractivity contribution is 7.90. The van der Waals surface area contributed by atoms with Crippen LogP contribution in [0.3, 0.4) is 0 Å². The second-order valence-electron chi connectivity index (χ2n) is 5.20. The van der Waals surface area contributed by atoms with Crippen molar-refractivity contribution in [1.82, 2.24) is 5.32 Å². The maximum Gasteiger partial charge on any atom is 0.251 e. The first-order chi connectivity index (χ1) is 9.25. The van der Waals surface area contributed by atoms with Gasteiger partial charge in [0.25, 0.3) is 5.91 Å². The Balaban J connectivity index is 2.82. The van der Waals surface area contributed by atoms with Crippen LogP contribution in [0.5, 0.6) is 0 Å². The molecule has 0 aromatic heterocycles. The van der Waals surface area contributed by atoms with Crippen LogP contribution in [-0.2, 0) is 9.84 Å². The summed E-state index contributed by atoms with van der Waals surface area (Å²) in [6, 6.07) is 5.94. The van der Waals surface area contributed by atoms with Gasteiger partial charge < -0.3 is 11.1 Å². The quantitative estimate of drug-likeness (QED) is 0.825. The number of sulfone groups is 1. The van der Waals surface area contributed by atoms with Gasteiger partial charge in [-0.15, -0.1) is 0 Å². The van der Waals surface area contributed by atoms with E-state index >= 15 is 0 Å². The largest absolute Gasteiger partial charge is 0.349 e. The van der Waals surface area contributed by atoms with Crippen LogP contribution in [0.4, 0.5) is 0 Å². The third kappa shape index (κ3) is 4.61. The van der Waals surface area contributed by atoms with Crippen molar-refractivity contribution in [2.45, 2.75) is 31.2 Å². The Labute approximate surface area is 120 Å². The van der Waals surface area contributed by atoms with Crippen LogP contribution < -0.4 is 11.1 Å². The maximum absolute atomic E-state index is 12.1. The topological polar surface area (TPSA) is 89.3 Å². The minimum absolute atomic E-state index is 0.0158. The van der Waals surface area contributed by atoms with Gasteiger partial charge in [0.05, 0.1) is 4.90 Å². The van der Waals surface area contributed by atoms with Crippen LogP contribution in [0.25, 0.3) is 0 Å². The number of hydrogen-bond acceptors (Lipinski definition) is 4. The second-order valence-corrected chi connectivity index (χ2v) is 7.21. The molecule has 1 aromatic rings. The van der Waals surface area contributed by atoms with Crippen LogP contribution in [0.1, 0.15) is 30.6 Å². The summed E-state index contributed by atoms with van der Waals surface area (Å²) in [6.07, 6.45) is 1.85. The molecule has 3 N–H and O–H groups in total. The van der Waals surface area contributed by atoms with E-state index in [1.54, 1.807) is 0 Å². The molecule has 0 saturated heterocycles. The fourth-order valence-corrected chi connectivity index (χ4v) is 2.49. The van der Waals surface area contributed by atoms with E-state index in [0.29, 0.717) is 18.5 Å². The molecule has 20 heavy (non-hydrogen) atoms. The van der Waals surface area contributed by atoms with Crippen molar-refractivity contribution in [2.24, 2.45) is 11.7 Å². The lowest BCUT2D eigenvalue weighted by Gasteiger charge is -2.21. The zero-order valence-electron chi connectivity index (χ0n) is 12.1. The van der Waals surface area contributed by atoms with Crippen molar-refractivity contribution in [3.63, 3.8) is 0 Å². The molecule has 0 radical (unpaired) electrons. The van der Waals surface area contributed by atoms with Gasteiger partial charge in [-0.3, -0.25) is 4.79 Å². The molecule has 1 atom stereocenters. The van der Waals surface area contributed by atoms with Crippen molar-refractivity contribution in [3.8, 4) is 0 Å². The summed E-state index contributed by atoms with van der Waals surface area (Å²) in [5.41, 5.74) is 5.98. The van der Waals surface area contributed by atoms with E-state index in [-0.39, 0.29) is 22.8 Å². The molecular weight excluding hydrogens is 276 g/mol. The summed E-state index contributed by atoms with van der Waals surface area (Å²) in [6.45, 7) is 4.55. The zero-order chi connectivity index (χ0) is 15.3. The van der Waals surface area contributed by atoms with Crippen LogP contribution in [0.2, 0.25) is 0 Å². The van der Waals surface area contributed by atoms with Gasteiger partial charge >= 0.3 is 0 Å². The highest BCUT2D eigenvalue weighted by Crippen LogP contribution is 2.12. The van der Waals surface area contributed by atoms with Gasteiger partial charge in [0, 0.05) is 17.9 Å². The highest BCUT2D eigenvalue weighted by Gasteiger charge is 2.17. The number of amides is 1. The minimum Gasteiger partial charge on any atom is -0.349 e. The molecule has 0 aliphatic carbocycles. The van der Waals surface area contributed by atoms with E-state index < -0.39 is 9.84 Å². The van der Waals surface area contributed by atoms with Crippen molar-refractivity contribution in [3.05, 3.63) is 29.8 Å². The summed E-state index contributed by atoms with van der Waals surface area (Å²) >= 11 is 0. The number of nitrogens with one attached hydrogen (secondary N) is 1. The van der Waals surface area contributed by atoms with Gasteiger partial charge in [0.1, 0.15) is 0 Å². The van der Waals surface area contributed by atoms with Gasteiger partial charge in [0.15, 0.2) is 9.84 Å². The molecule has 6 heteroatoms. The lowest BCUT2D eigenvalue weighted by atomic mass is 10.0. The first-order valence-corrected chi connectivity index (χ1v) is 8.46. The van der Waals surface area contributed by atoms with Crippen LogP contribution >= 0.6 is 0 Å². The fourth-order valence-electron chi connectivity index (χ4n) is 1.86. The zero-order valence-corrected chi connectivity index (χ0v) is 12.9. The molecule has 0 aliphatic heterocycles. The Bertz CT molecular complexity index is 550. The van der Waals surface area contributed by atoms with Gasteiger partial charge in [0.2, 0.25) is 0 Å². The summed E-state index contributed by atoms with van der Waals surface area (Å²) in [4.78, 5) is 12.3. The summed E-state index contributed by atoms with van der Waals surface area (Å²) in [5, 5.41) is 2.92. The average Bonchev–Trinajstić information content (AvgIpc) is 2.37. The van der Waals surface area contributed by atoms with Crippen LogP contribution in [0.15, 0.2) is 29.2 Å². The van der Waals surface area contributed by atoms with Gasteiger partial charge in [-0.1, -0.05) is 13.8 Å². The van der Waals surface area contributed by atoms with Gasteiger partial charge in [-0.05, 0) is 43.1 Å². The maximum atomic E-state index is 12.1. The molecule has 0 saturated carbocycles. The third-order valence-corrected chi connectivity index (χ3v) is 4.27. The van der Waals surface area contributed by atoms with Crippen molar-refractivity contribution in [2.75, 3.05) is 12.8 Å². The Morgan fingerprint density at radius 1 is 1.25 bits per heavy atom. The molecule has 1 rings (SSSR count). The van der Waals surface area contributed by atoms with E-state index in [1.807, 2.05) is 13.8 Å². The average molecular weight is 298 g/mol. The number of nitrogens with two attached hydrogens (primary N) is 1. The smallest absolute Gasteiger partial charge is 0.251 e. The highest BCUT2D eigenvalue weighted by atomic mass is 32.2. The Kier molecular flexibility index (Phi) is 5.71. The molecule has 112 valence electrons. The standard InChI is InChI=1S/C14H22N2O3S/c1-10(2)13(8-9-15)16-14(17)11-4-6-12(7-5-11)20(3,18)19/h4-7,10,13H,8-9,15H2,1-3H3,(H,16,17). The third-order valence-electron chi connectivity index (χ3n) is 3.14. The fraction of sp³-hybridized carbons (Fsp3) is 0.500. The molecule has 0 heterocycles. The van der Waals surface area contributed by atoms with E-state index in [2.05, 4.69) is 5.32 Å². The first kappa shape index (κ1) is 16.7. The van der Waals surface area contributed by atoms with E-state index in [1.165, 1.54) is 24.3 Å². The molecule has 0 spiro atoms. The van der Waals surface area contributed by atoms with Crippen LogP contribution in [0, 0.1) is 5.92 Å². The number of carbonyl (C=O) groups excluding carboxylic acids is 1. The van der Waals surface area contributed by atoms with Gasteiger partial charge in [-0.2, -0.15) is 0 Å². The normalized spacial score (nSPS) is 13.2. The lowest BCUT2D eigenvalue weighted by Crippen LogP contribution is -2.39. The molecule has 0 bridgehead atoms. The number of rotatable bonds is 6. The van der Waals surface area contributed by atoms with Gasteiger partial charge in [-0.25, -0.2) is 8.42 Å². The van der Waals surface area contributed by atoms with E-state index in [4.69, 9.17) is 5.73 Å². The predicted molar refractivity (Wildman–Crippen MR) is 79.3 cm³/mol. The van der Waals surface area contributed by atoms with Crippen LogP contribution in [-0.4, -0.2) is 33.2 Å². The number of benzene rings is 1.